The number of ether oxygens (including phenoxy) is 1. The van der Waals surface area contributed by atoms with Crippen molar-refractivity contribution in [2.75, 3.05) is 7.11 Å². The zero-order chi connectivity index (χ0) is 13.4. The smallest absolute Gasteiger partial charge is 0.199 e. The molecule has 0 amide bonds. The lowest BCUT2D eigenvalue weighted by Crippen LogP contribution is -2.20. The first-order valence-electron chi connectivity index (χ1n) is 6.19. The summed E-state index contributed by atoms with van der Waals surface area (Å²) in [6.45, 7) is 2.05. The average Bonchev–Trinajstić information content (AvgIpc) is 2.95. The molecule has 0 saturated carbocycles. The van der Waals surface area contributed by atoms with Crippen LogP contribution in [0, 0.1) is 5.92 Å². The molecule has 4 heteroatoms. The van der Waals surface area contributed by atoms with Gasteiger partial charge in [-0.3, -0.25) is 4.79 Å². The van der Waals surface area contributed by atoms with Gasteiger partial charge in [-0.25, -0.2) is 0 Å². The lowest BCUT2D eigenvalue weighted by atomic mass is 10.1. The molecule has 1 unspecified atom stereocenters. The van der Waals surface area contributed by atoms with Gasteiger partial charge in [0.25, 0.3) is 0 Å². The molecule has 2 heterocycles. The van der Waals surface area contributed by atoms with E-state index in [0.717, 1.165) is 10.7 Å². The van der Waals surface area contributed by atoms with Gasteiger partial charge in [0, 0.05) is 17.2 Å². The zero-order valence-corrected chi connectivity index (χ0v) is 11.7. The summed E-state index contributed by atoms with van der Waals surface area (Å²) < 4.78 is 5.10. The first kappa shape index (κ1) is 12.4. The molecule has 1 N–H and O–H groups in total. The minimum absolute atomic E-state index is 0.0925. The molecule has 0 radical (unpaired) electrons. The number of rotatable bonds is 3. The predicted octanol–water partition coefficient (Wildman–Crippen LogP) is 2.96. The van der Waals surface area contributed by atoms with E-state index in [1.165, 1.54) is 5.70 Å². The Labute approximate surface area is 116 Å². The van der Waals surface area contributed by atoms with Crippen LogP contribution in [0.4, 0.5) is 0 Å². The van der Waals surface area contributed by atoms with Crippen LogP contribution in [-0.2, 0) is 0 Å². The van der Waals surface area contributed by atoms with Crippen LogP contribution in [0.25, 0.3) is 0 Å². The Bertz CT molecular complexity index is 574. The molecule has 3 nitrogen and oxygen atoms in total. The quantitative estimate of drug-likeness (QED) is 0.859. The van der Waals surface area contributed by atoms with Crippen molar-refractivity contribution >= 4 is 17.5 Å². The summed E-state index contributed by atoms with van der Waals surface area (Å²) in [5.74, 6) is 1.19. The van der Waals surface area contributed by atoms with E-state index in [0.29, 0.717) is 11.5 Å². The fourth-order valence-corrected chi connectivity index (χ4v) is 3.65. The molecule has 0 fully saturated rings. The van der Waals surface area contributed by atoms with Crippen molar-refractivity contribution in [2.24, 2.45) is 5.92 Å². The molecule has 19 heavy (non-hydrogen) atoms. The lowest BCUT2D eigenvalue weighted by Gasteiger charge is -2.10. The largest absolute Gasteiger partial charge is 0.497 e. The van der Waals surface area contributed by atoms with Crippen LogP contribution in [-0.4, -0.2) is 18.3 Å². The molecule has 2 aliphatic rings. The Hall–Kier alpha value is -1.68. The van der Waals surface area contributed by atoms with Gasteiger partial charge in [0.2, 0.25) is 0 Å². The molecule has 0 saturated heterocycles. The van der Waals surface area contributed by atoms with E-state index in [4.69, 9.17) is 4.74 Å². The number of carbonyl (C=O) groups excluding carboxylic acids is 1. The monoisotopic (exact) mass is 273 g/mol. The molecule has 0 aromatic heterocycles. The molecule has 0 spiro atoms. The Morgan fingerprint density at radius 1 is 1.26 bits per heavy atom. The SMILES string of the molecule is COc1ccc(C(=O)C2=C[C@@H]3C=C(C)NC3S2)cc1. The summed E-state index contributed by atoms with van der Waals surface area (Å²) in [5.41, 5.74) is 1.90. The molecule has 3 rings (SSSR count). The normalized spacial score (nSPS) is 24.3. The third-order valence-corrected chi connectivity index (χ3v) is 4.60. The summed E-state index contributed by atoms with van der Waals surface area (Å²) in [4.78, 5) is 13.2. The summed E-state index contributed by atoms with van der Waals surface area (Å²) in [5, 5.41) is 3.66. The van der Waals surface area contributed by atoms with Crippen molar-refractivity contribution in [1.29, 1.82) is 0 Å². The molecule has 1 aromatic rings. The number of hydrogen-bond acceptors (Lipinski definition) is 4. The number of carbonyl (C=O) groups is 1. The standard InChI is InChI=1S/C15H15NO2S/c1-9-7-11-8-13(19-15(11)16-9)14(17)10-3-5-12(18-2)6-4-10/h3-8,11,15-16H,1-2H3/t11-,15?/m0/s1. The first-order valence-corrected chi connectivity index (χ1v) is 7.07. The van der Waals surface area contributed by atoms with E-state index in [2.05, 4.69) is 24.4 Å². The van der Waals surface area contributed by atoms with Crippen LogP contribution in [0.3, 0.4) is 0 Å². The van der Waals surface area contributed by atoms with Gasteiger partial charge in [-0.15, -0.1) is 0 Å². The van der Waals surface area contributed by atoms with Crippen molar-refractivity contribution in [3.8, 4) is 5.75 Å². The average molecular weight is 273 g/mol. The van der Waals surface area contributed by atoms with E-state index in [1.807, 2.05) is 24.3 Å². The first-order chi connectivity index (χ1) is 9.17. The van der Waals surface area contributed by atoms with Crippen LogP contribution in [0.1, 0.15) is 17.3 Å². The Morgan fingerprint density at radius 3 is 2.63 bits per heavy atom. The number of ketones is 1. The highest BCUT2D eigenvalue weighted by Crippen LogP contribution is 2.41. The van der Waals surface area contributed by atoms with E-state index >= 15 is 0 Å². The Balaban J connectivity index is 1.79. The van der Waals surface area contributed by atoms with Crippen LogP contribution in [0.5, 0.6) is 5.75 Å². The van der Waals surface area contributed by atoms with Crippen molar-refractivity contribution in [1.82, 2.24) is 5.32 Å². The summed E-state index contributed by atoms with van der Waals surface area (Å²) in [7, 11) is 1.62. The van der Waals surface area contributed by atoms with E-state index < -0.39 is 0 Å². The number of nitrogens with one attached hydrogen (secondary N) is 1. The highest BCUT2D eigenvalue weighted by molar-refractivity contribution is 8.04. The van der Waals surface area contributed by atoms with Gasteiger partial charge in [0.1, 0.15) is 5.75 Å². The van der Waals surface area contributed by atoms with Gasteiger partial charge in [0.05, 0.1) is 17.4 Å². The van der Waals surface area contributed by atoms with Crippen LogP contribution >= 0.6 is 11.8 Å². The molecule has 2 aliphatic heterocycles. The van der Waals surface area contributed by atoms with Gasteiger partial charge in [-0.2, -0.15) is 0 Å². The highest BCUT2D eigenvalue weighted by Gasteiger charge is 2.33. The number of allylic oxidation sites excluding steroid dienone is 2. The number of methoxy groups -OCH3 is 1. The molecule has 0 aliphatic carbocycles. The van der Waals surface area contributed by atoms with Crippen LogP contribution < -0.4 is 10.1 Å². The summed E-state index contributed by atoms with van der Waals surface area (Å²) in [6.07, 6.45) is 4.23. The fourth-order valence-electron chi connectivity index (χ4n) is 2.35. The number of benzene rings is 1. The van der Waals surface area contributed by atoms with Gasteiger partial charge in [0.15, 0.2) is 5.78 Å². The third-order valence-electron chi connectivity index (χ3n) is 3.34. The lowest BCUT2D eigenvalue weighted by molar-refractivity contribution is 0.104. The summed E-state index contributed by atoms with van der Waals surface area (Å²) >= 11 is 1.62. The Morgan fingerprint density at radius 2 is 2.00 bits per heavy atom. The van der Waals surface area contributed by atoms with Crippen LogP contribution in [0.15, 0.2) is 47.0 Å². The van der Waals surface area contributed by atoms with E-state index in [-0.39, 0.29) is 11.2 Å². The third kappa shape index (κ3) is 2.28. The molecule has 1 aromatic carbocycles. The van der Waals surface area contributed by atoms with Crippen molar-refractivity contribution < 1.29 is 9.53 Å². The van der Waals surface area contributed by atoms with Gasteiger partial charge >= 0.3 is 0 Å². The second kappa shape index (κ2) is 4.78. The maximum absolute atomic E-state index is 12.4. The van der Waals surface area contributed by atoms with Gasteiger partial charge in [-0.05, 0) is 31.2 Å². The van der Waals surface area contributed by atoms with Crippen molar-refractivity contribution in [3.05, 3.63) is 52.6 Å². The van der Waals surface area contributed by atoms with Crippen molar-refractivity contribution in [2.45, 2.75) is 12.3 Å². The topological polar surface area (TPSA) is 38.3 Å². The molecule has 0 bridgehead atoms. The molecule has 2 atom stereocenters. The molecule has 98 valence electrons. The maximum Gasteiger partial charge on any atom is 0.199 e. The maximum atomic E-state index is 12.4. The Kier molecular flexibility index (Phi) is 3.11. The second-order valence-electron chi connectivity index (χ2n) is 4.70. The molecular formula is C15H15NO2S. The zero-order valence-electron chi connectivity index (χ0n) is 10.8. The number of hydrogen-bond donors (Lipinski definition) is 1. The van der Waals surface area contributed by atoms with Crippen molar-refractivity contribution in [3.63, 3.8) is 0 Å². The fraction of sp³-hybridized carbons (Fsp3) is 0.267. The van der Waals surface area contributed by atoms with Gasteiger partial charge < -0.3 is 10.1 Å². The highest BCUT2D eigenvalue weighted by atomic mass is 32.2. The second-order valence-corrected chi connectivity index (χ2v) is 5.88. The minimum Gasteiger partial charge on any atom is -0.497 e. The minimum atomic E-state index is 0.0925. The predicted molar refractivity (Wildman–Crippen MR) is 77.2 cm³/mol. The summed E-state index contributed by atoms with van der Waals surface area (Å²) in [6, 6.07) is 7.25. The van der Waals surface area contributed by atoms with Crippen LogP contribution in [0.2, 0.25) is 0 Å². The number of Topliss-reactive ketones (excluding diaryl/α,β-unsaturated/α-hetero) is 1. The van der Waals surface area contributed by atoms with E-state index in [9.17, 15) is 4.79 Å². The molecular weight excluding hydrogens is 258 g/mol. The number of thioether (sulfide) groups is 1. The number of fused-ring (bicyclic) bond motifs is 1. The van der Waals surface area contributed by atoms with Gasteiger partial charge in [-0.1, -0.05) is 23.9 Å². The van der Waals surface area contributed by atoms with E-state index in [1.54, 1.807) is 18.9 Å².